The van der Waals surface area contributed by atoms with Gasteiger partial charge in [-0.1, -0.05) is 0 Å². The second kappa shape index (κ2) is 2.71. The first-order valence-corrected chi connectivity index (χ1v) is 4.12. The Hall–Kier alpha value is -0.610. The molecule has 4 heteroatoms. The SMILES string of the molecule is COC(=O)[C@H]1O[C@@]12CCCOC2. The van der Waals surface area contributed by atoms with E-state index in [9.17, 15) is 4.79 Å². The van der Waals surface area contributed by atoms with Crippen LogP contribution in [0.2, 0.25) is 0 Å². The van der Waals surface area contributed by atoms with Gasteiger partial charge in [0.1, 0.15) is 5.60 Å². The van der Waals surface area contributed by atoms with Crippen molar-refractivity contribution in [2.24, 2.45) is 0 Å². The van der Waals surface area contributed by atoms with Crippen LogP contribution in [-0.4, -0.2) is 38.0 Å². The molecule has 68 valence electrons. The zero-order chi connectivity index (χ0) is 8.60. The molecular weight excluding hydrogens is 160 g/mol. The van der Waals surface area contributed by atoms with E-state index in [4.69, 9.17) is 9.47 Å². The minimum absolute atomic E-state index is 0.277. The second-order valence-corrected chi connectivity index (χ2v) is 3.24. The van der Waals surface area contributed by atoms with Gasteiger partial charge >= 0.3 is 5.97 Å². The van der Waals surface area contributed by atoms with Crippen molar-refractivity contribution in [2.75, 3.05) is 20.3 Å². The van der Waals surface area contributed by atoms with E-state index in [1.807, 2.05) is 0 Å². The van der Waals surface area contributed by atoms with E-state index in [-0.39, 0.29) is 17.7 Å². The van der Waals surface area contributed by atoms with Gasteiger partial charge < -0.3 is 14.2 Å². The van der Waals surface area contributed by atoms with Crippen LogP contribution >= 0.6 is 0 Å². The molecule has 4 nitrogen and oxygen atoms in total. The van der Waals surface area contributed by atoms with Gasteiger partial charge in [-0.2, -0.15) is 0 Å². The van der Waals surface area contributed by atoms with Crippen LogP contribution in [0.25, 0.3) is 0 Å². The molecule has 2 atom stereocenters. The van der Waals surface area contributed by atoms with Crippen LogP contribution in [0.3, 0.4) is 0 Å². The standard InChI is InChI=1S/C8H12O4/c1-10-7(9)6-8(12-6)3-2-4-11-5-8/h6H,2-5H2,1H3/t6-,8-/m1/s1. The first-order chi connectivity index (χ1) is 5.78. The number of carbonyl (C=O) groups excluding carboxylic acids is 1. The second-order valence-electron chi connectivity index (χ2n) is 3.24. The van der Waals surface area contributed by atoms with Crippen LogP contribution in [-0.2, 0) is 19.0 Å². The third-order valence-electron chi connectivity index (χ3n) is 2.42. The van der Waals surface area contributed by atoms with Gasteiger partial charge in [0.2, 0.25) is 0 Å². The van der Waals surface area contributed by atoms with Crippen molar-refractivity contribution in [1.82, 2.24) is 0 Å². The molecular formula is C8H12O4. The summed E-state index contributed by atoms with van der Waals surface area (Å²) in [4.78, 5) is 11.0. The fraction of sp³-hybridized carbons (Fsp3) is 0.875. The Labute approximate surface area is 70.8 Å². The van der Waals surface area contributed by atoms with Gasteiger partial charge in [0.15, 0.2) is 6.10 Å². The average Bonchev–Trinajstić information content (AvgIpc) is 2.80. The Morgan fingerprint density at radius 3 is 3.08 bits per heavy atom. The molecule has 0 unspecified atom stereocenters. The number of carbonyl (C=O) groups is 1. The van der Waals surface area contributed by atoms with E-state index in [0.29, 0.717) is 6.61 Å². The topological polar surface area (TPSA) is 48.1 Å². The van der Waals surface area contributed by atoms with Crippen LogP contribution in [0.5, 0.6) is 0 Å². The predicted octanol–water partition coefficient (Wildman–Crippen LogP) is 0.107. The van der Waals surface area contributed by atoms with Gasteiger partial charge in [-0.3, -0.25) is 0 Å². The normalized spacial score (nSPS) is 39.6. The summed E-state index contributed by atoms with van der Waals surface area (Å²) in [6.07, 6.45) is 1.50. The molecule has 0 N–H and O–H groups in total. The molecule has 0 radical (unpaired) electrons. The van der Waals surface area contributed by atoms with Crippen LogP contribution < -0.4 is 0 Å². The average molecular weight is 172 g/mol. The highest BCUT2D eigenvalue weighted by molar-refractivity contribution is 5.79. The van der Waals surface area contributed by atoms with Crippen molar-refractivity contribution in [3.05, 3.63) is 0 Å². The highest BCUT2D eigenvalue weighted by Gasteiger charge is 2.62. The molecule has 0 saturated carbocycles. The Morgan fingerprint density at radius 2 is 2.50 bits per heavy atom. The molecule has 2 heterocycles. The molecule has 1 spiro atoms. The lowest BCUT2D eigenvalue weighted by Gasteiger charge is -2.18. The van der Waals surface area contributed by atoms with Crippen molar-refractivity contribution < 1.29 is 19.0 Å². The Bertz CT molecular complexity index is 195. The summed E-state index contributed by atoms with van der Waals surface area (Å²) in [5.74, 6) is -0.277. The minimum Gasteiger partial charge on any atom is -0.467 e. The summed E-state index contributed by atoms with van der Waals surface area (Å²) in [7, 11) is 1.38. The maximum Gasteiger partial charge on any atom is 0.338 e. The van der Waals surface area contributed by atoms with E-state index in [0.717, 1.165) is 19.4 Å². The smallest absolute Gasteiger partial charge is 0.338 e. The summed E-state index contributed by atoms with van der Waals surface area (Å²) in [6, 6.07) is 0. The molecule has 2 aliphatic heterocycles. The Kier molecular flexibility index (Phi) is 1.81. The third kappa shape index (κ3) is 1.11. The summed E-state index contributed by atoms with van der Waals surface area (Å²) >= 11 is 0. The molecule has 2 fully saturated rings. The van der Waals surface area contributed by atoms with Crippen molar-refractivity contribution in [3.8, 4) is 0 Å². The van der Waals surface area contributed by atoms with Crippen LogP contribution in [0.15, 0.2) is 0 Å². The molecule has 0 amide bonds. The molecule has 0 aromatic rings. The molecule has 2 saturated heterocycles. The molecule has 0 aromatic carbocycles. The lowest BCUT2D eigenvalue weighted by atomic mass is 9.98. The van der Waals surface area contributed by atoms with E-state index in [1.165, 1.54) is 7.11 Å². The number of esters is 1. The van der Waals surface area contributed by atoms with Crippen molar-refractivity contribution in [1.29, 1.82) is 0 Å². The van der Waals surface area contributed by atoms with Crippen molar-refractivity contribution in [2.45, 2.75) is 24.5 Å². The van der Waals surface area contributed by atoms with Crippen LogP contribution in [0, 0.1) is 0 Å². The predicted molar refractivity (Wildman–Crippen MR) is 39.7 cm³/mol. The van der Waals surface area contributed by atoms with Gasteiger partial charge in [0, 0.05) is 6.61 Å². The van der Waals surface area contributed by atoms with Gasteiger partial charge in [-0.15, -0.1) is 0 Å². The number of hydrogen-bond donors (Lipinski definition) is 0. The fourth-order valence-electron chi connectivity index (χ4n) is 1.66. The number of rotatable bonds is 1. The summed E-state index contributed by atoms with van der Waals surface area (Å²) in [6.45, 7) is 1.31. The molecule has 0 aromatic heterocycles. The largest absolute Gasteiger partial charge is 0.467 e. The number of epoxide rings is 1. The lowest BCUT2D eigenvalue weighted by molar-refractivity contribution is -0.142. The lowest BCUT2D eigenvalue weighted by Crippen LogP contribution is -2.31. The van der Waals surface area contributed by atoms with Gasteiger partial charge in [0.25, 0.3) is 0 Å². The van der Waals surface area contributed by atoms with E-state index in [2.05, 4.69) is 4.74 Å². The fourth-order valence-corrected chi connectivity index (χ4v) is 1.66. The Balaban J connectivity index is 1.95. The van der Waals surface area contributed by atoms with Crippen LogP contribution in [0.4, 0.5) is 0 Å². The molecule has 2 rings (SSSR count). The minimum atomic E-state index is -0.372. The molecule has 2 aliphatic rings. The van der Waals surface area contributed by atoms with Gasteiger partial charge in [-0.25, -0.2) is 4.79 Å². The quantitative estimate of drug-likeness (QED) is 0.416. The van der Waals surface area contributed by atoms with Crippen LogP contribution in [0.1, 0.15) is 12.8 Å². The first kappa shape index (κ1) is 8.01. The van der Waals surface area contributed by atoms with Crippen molar-refractivity contribution >= 4 is 5.97 Å². The number of hydrogen-bond acceptors (Lipinski definition) is 4. The van der Waals surface area contributed by atoms with E-state index < -0.39 is 0 Å². The summed E-state index contributed by atoms with van der Waals surface area (Å²) in [5, 5.41) is 0. The maximum atomic E-state index is 11.0. The number of methoxy groups -OCH3 is 1. The Morgan fingerprint density at radius 1 is 1.67 bits per heavy atom. The van der Waals surface area contributed by atoms with E-state index >= 15 is 0 Å². The molecule has 0 bridgehead atoms. The van der Waals surface area contributed by atoms with Crippen molar-refractivity contribution in [3.63, 3.8) is 0 Å². The zero-order valence-corrected chi connectivity index (χ0v) is 7.04. The molecule has 0 aliphatic carbocycles. The summed E-state index contributed by atoms with van der Waals surface area (Å²) < 4.78 is 15.1. The number of ether oxygens (including phenoxy) is 3. The summed E-state index contributed by atoms with van der Waals surface area (Å²) in [5.41, 5.74) is -0.328. The van der Waals surface area contributed by atoms with Gasteiger partial charge in [-0.05, 0) is 12.8 Å². The van der Waals surface area contributed by atoms with Gasteiger partial charge in [0.05, 0.1) is 13.7 Å². The third-order valence-corrected chi connectivity index (χ3v) is 2.42. The monoisotopic (exact) mass is 172 g/mol. The first-order valence-electron chi connectivity index (χ1n) is 4.12. The highest BCUT2D eigenvalue weighted by atomic mass is 16.7. The highest BCUT2D eigenvalue weighted by Crippen LogP contribution is 2.43. The van der Waals surface area contributed by atoms with E-state index in [1.54, 1.807) is 0 Å². The zero-order valence-electron chi connectivity index (χ0n) is 7.04. The molecule has 12 heavy (non-hydrogen) atoms. The maximum absolute atomic E-state index is 11.0.